The minimum atomic E-state index is -0.214. The van der Waals surface area contributed by atoms with Crippen molar-refractivity contribution in [2.75, 3.05) is 13.2 Å². The minimum Gasteiger partial charge on any atom is -0.504 e. The van der Waals surface area contributed by atoms with E-state index in [1.54, 1.807) is 6.07 Å². The second kappa shape index (κ2) is 5.18. The Morgan fingerprint density at radius 1 is 1.38 bits per heavy atom. The number of phenolic OH excluding ortho intramolecular Hbond substituents is 1. The number of ether oxygens (including phenoxy) is 1. The van der Waals surface area contributed by atoms with Gasteiger partial charge in [0.15, 0.2) is 11.5 Å². The van der Waals surface area contributed by atoms with E-state index in [1.165, 1.54) is 0 Å². The topological polar surface area (TPSA) is 64.7 Å². The molecule has 0 saturated heterocycles. The molecule has 0 amide bonds. The molecule has 0 aromatic heterocycles. The third kappa shape index (κ3) is 2.87. The summed E-state index contributed by atoms with van der Waals surface area (Å²) in [5, 5.41) is 9.58. The van der Waals surface area contributed by atoms with Crippen LogP contribution in [0.5, 0.6) is 11.5 Å². The number of phenols is 1. The Kier molecular flexibility index (Phi) is 4.15. The van der Waals surface area contributed by atoms with Gasteiger partial charge in [-0.2, -0.15) is 0 Å². The Bertz CT molecular complexity index is 350. The zero-order chi connectivity index (χ0) is 12.2. The second-order valence-electron chi connectivity index (χ2n) is 4.31. The first kappa shape index (κ1) is 12.8. The summed E-state index contributed by atoms with van der Waals surface area (Å²) in [5.74, 6) is 5.74. The molecule has 0 unspecified atom stereocenters. The van der Waals surface area contributed by atoms with Crippen molar-refractivity contribution in [2.45, 2.75) is 26.2 Å². The van der Waals surface area contributed by atoms with E-state index in [1.807, 2.05) is 32.9 Å². The molecule has 90 valence electrons. The molecule has 4 nitrogen and oxygen atoms in total. The van der Waals surface area contributed by atoms with Crippen molar-refractivity contribution in [3.63, 3.8) is 0 Å². The Hall–Kier alpha value is -1.26. The summed E-state index contributed by atoms with van der Waals surface area (Å²) >= 11 is 0. The van der Waals surface area contributed by atoms with Crippen molar-refractivity contribution in [3.8, 4) is 11.5 Å². The van der Waals surface area contributed by atoms with E-state index in [-0.39, 0.29) is 11.2 Å². The van der Waals surface area contributed by atoms with Gasteiger partial charge in [0.2, 0.25) is 0 Å². The van der Waals surface area contributed by atoms with E-state index >= 15 is 0 Å². The first-order valence-corrected chi connectivity index (χ1v) is 5.29. The Morgan fingerprint density at radius 3 is 2.62 bits per heavy atom. The summed E-state index contributed by atoms with van der Waals surface area (Å²) in [6.07, 6.45) is 0. The maximum Gasteiger partial charge on any atom is 0.161 e. The lowest BCUT2D eigenvalue weighted by Crippen LogP contribution is -2.26. The molecule has 0 bridgehead atoms. The summed E-state index contributed by atoms with van der Waals surface area (Å²) < 4.78 is 5.33. The zero-order valence-corrected chi connectivity index (χ0v) is 9.99. The average Bonchev–Trinajstić information content (AvgIpc) is 2.21. The number of aromatic hydroxyl groups is 1. The van der Waals surface area contributed by atoms with Crippen molar-refractivity contribution in [1.82, 2.24) is 0 Å². The van der Waals surface area contributed by atoms with Gasteiger partial charge in [-0.25, -0.2) is 5.90 Å². The van der Waals surface area contributed by atoms with Gasteiger partial charge in [0.05, 0.1) is 13.2 Å². The molecular formula is C12H19NO3. The van der Waals surface area contributed by atoms with E-state index in [0.717, 1.165) is 5.56 Å². The molecule has 1 aromatic rings. The molecule has 0 atom stereocenters. The average molecular weight is 225 g/mol. The number of rotatable bonds is 5. The van der Waals surface area contributed by atoms with Gasteiger partial charge in [0.25, 0.3) is 0 Å². The molecule has 0 aliphatic heterocycles. The van der Waals surface area contributed by atoms with E-state index in [9.17, 15) is 5.11 Å². The number of hydrogen-bond donors (Lipinski definition) is 2. The molecule has 1 aromatic carbocycles. The first-order valence-electron chi connectivity index (χ1n) is 5.29. The number of hydrogen-bond acceptors (Lipinski definition) is 4. The van der Waals surface area contributed by atoms with Crippen LogP contribution < -0.4 is 10.6 Å². The SMILES string of the molecule is CCOc1cc(C(C)(C)CON)ccc1O. The van der Waals surface area contributed by atoms with Gasteiger partial charge in [0.1, 0.15) is 0 Å². The Balaban J connectivity index is 3.01. The molecule has 4 heteroatoms. The van der Waals surface area contributed by atoms with Crippen molar-refractivity contribution in [3.05, 3.63) is 23.8 Å². The molecule has 0 aliphatic rings. The maximum atomic E-state index is 9.58. The van der Waals surface area contributed by atoms with Crippen molar-refractivity contribution in [2.24, 2.45) is 5.90 Å². The molecule has 0 heterocycles. The van der Waals surface area contributed by atoms with Crippen LogP contribution in [0.1, 0.15) is 26.3 Å². The molecule has 0 spiro atoms. The van der Waals surface area contributed by atoms with Gasteiger partial charge in [-0.1, -0.05) is 19.9 Å². The second-order valence-corrected chi connectivity index (χ2v) is 4.31. The van der Waals surface area contributed by atoms with Crippen LogP contribution in [0, 0.1) is 0 Å². The molecular weight excluding hydrogens is 206 g/mol. The van der Waals surface area contributed by atoms with Gasteiger partial charge in [-0.15, -0.1) is 0 Å². The fraction of sp³-hybridized carbons (Fsp3) is 0.500. The number of nitrogens with two attached hydrogens (primary N) is 1. The molecule has 0 saturated carbocycles. The smallest absolute Gasteiger partial charge is 0.161 e. The molecule has 3 N–H and O–H groups in total. The first-order chi connectivity index (χ1) is 7.51. The predicted octanol–water partition coefficient (Wildman–Crippen LogP) is 1.96. The molecule has 16 heavy (non-hydrogen) atoms. The van der Waals surface area contributed by atoms with Crippen LogP contribution in [0.3, 0.4) is 0 Å². The summed E-state index contributed by atoms with van der Waals surface area (Å²) in [6.45, 7) is 6.83. The van der Waals surface area contributed by atoms with Crippen LogP contribution in [0.15, 0.2) is 18.2 Å². The monoisotopic (exact) mass is 225 g/mol. The van der Waals surface area contributed by atoms with E-state index < -0.39 is 0 Å². The lowest BCUT2D eigenvalue weighted by Gasteiger charge is -2.24. The van der Waals surface area contributed by atoms with Crippen LogP contribution in [0.2, 0.25) is 0 Å². The van der Waals surface area contributed by atoms with Gasteiger partial charge in [-0.05, 0) is 24.6 Å². The van der Waals surface area contributed by atoms with Gasteiger partial charge < -0.3 is 14.7 Å². The third-order valence-electron chi connectivity index (χ3n) is 2.49. The van der Waals surface area contributed by atoms with Gasteiger partial charge in [0, 0.05) is 5.41 Å². The van der Waals surface area contributed by atoms with Gasteiger partial charge >= 0.3 is 0 Å². The Morgan fingerprint density at radius 2 is 2.06 bits per heavy atom. The van der Waals surface area contributed by atoms with E-state index in [4.69, 9.17) is 10.6 Å². The molecule has 0 fully saturated rings. The number of benzene rings is 1. The fourth-order valence-corrected chi connectivity index (χ4v) is 1.50. The lowest BCUT2D eigenvalue weighted by molar-refractivity contribution is 0.0963. The summed E-state index contributed by atoms with van der Waals surface area (Å²) in [5.41, 5.74) is 0.799. The molecule has 0 aliphatic carbocycles. The van der Waals surface area contributed by atoms with Crippen molar-refractivity contribution < 1.29 is 14.7 Å². The quantitative estimate of drug-likeness (QED) is 0.752. The molecule has 1 rings (SSSR count). The summed E-state index contributed by atoms with van der Waals surface area (Å²) in [4.78, 5) is 4.69. The summed E-state index contributed by atoms with van der Waals surface area (Å²) in [7, 11) is 0. The highest BCUT2D eigenvalue weighted by Gasteiger charge is 2.22. The predicted molar refractivity (Wildman–Crippen MR) is 62.4 cm³/mol. The van der Waals surface area contributed by atoms with Crippen LogP contribution in [-0.2, 0) is 10.3 Å². The highest BCUT2D eigenvalue weighted by atomic mass is 16.6. The van der Waals surface area contributed by atoms with Gasteiger partial charge in [-0.3, -0.25) is 0 Å². The maximum absolute atomic E-state index is 9.58. The van der Waals surface area contributed by atoms with Crippen LogP contribution in [0.25, 0.3) is 0 Å². The highest BCUT2D eigenvalue weighted by molar-refractivity contribution is 5.44. The highest BCUT2D eigenvalue weighted by Crippen LogP contribution is 2.32. The van der Waals surface area contributed by atoms with Crippen LogP contribution in [0.4, 0.5) is 0 Å². The normalized spacial score (nSPS) is 11.5. The van der Waals surface area contributed by atoms with Crippen LogP contribution in [-0.4, -0.2) is 18.3 Å². The standard InChI is InChI=1S/C12H19NO3/c1-4-15-11-7-9(5-6-10(11)14)12(2,3)8-16-13/h5-7,14H,4,8,13H2,1-3H3. The zero-order valence-electron chi connectivity index (χ0n) is 9.99. The molecule has 0 radical (unpaired) electrons. The minimum absolute atomic E-state index is 0.148. The van der Waals surface area contributed by atoms with Crippen molar-refractivity contribution >= 4 is 0 Å². The van der Waals surface area contributed by atoms with E-state index in [0.29, 0.717) is 19.0 Å². The van der Waals surface area contributed by atoms with Crippen LogP contribution >= 0.6 is 0 Å². The Labute approximate surface area is 95.9 Å². The lowest BCUT2D eigenvalue weighted by atomic mass is 9.85. The van der Waals surface area contributed by atoms with E-state index in [2.05, 4.69) is 4.84 Å². The third-order valence-corrected chi connectivity index (χ3v) is 2.49. The largest absolute Gasteiger partial charge is 0.504 e. The fourth-order valence-electron chi connectivity index (χ4n) is 1.50. The van der Waals surface area contributed by atoms with Crippen molar-refractivity contribution in [1.29, 1.82) is 0 Å². The summed E-state index contributed by atoms with van der Waals surface area (Å²) in [6, 6.07) is 5.29.